The summed E-state index contributed by atoms with van der Waals surface area (Å²) in [4.78, 5) is 0.637. The first-order chi connectivity index (χ1) is 10.1. The number of benzene rings is 2. The quantitative estimate of drug-likeness (QED) is 0.829. The smallest absolute Gasteiger partial charge is 0.161 e. The molecule has 0 aliphatic carbocycles. The highest BCUT2D eigenvalue weighted by atomic mass is 35.5. The van der Waals surface area contributed by atoms with Crippen LogP contribution in [0.1, 0.15) is 0 Å². The molecule has 4 nitrogen and oxygen atoms in total. The Labute approximate surface area is 131 Å². The van der Waals surface area contributed by atoms with Crippen molar-refractivity contribution in [2.75, 3.05) is 25.2 Å². The fraction of sp³-hybridized carbons (Fsp3) is 0.200. The van der Waals surface area contributed by atoms with Crippen LogP contribution in [0.5, 0.6) is 11.5 Å². The third-order valence-corrected chi connectivity index (χ3v) is 4.47. The van der Waals surface area contributed by atoms with E-state index < -0.39 is 10.8 Å². The maximum absolute atomic E-state index is 12.2. The van der Waals surface area contributed by atoms with Gasteiger partial charge < -0.3 is 15.2 Å². The van der Waals surface area contributed by atoms with E-state index >= 15 is 0 Å². The molecule has 0 aliphatic heterocycles. The zero-order valence-electron chi connectivity index (χ0n) is 11.5. The van der Waals surface area contributed by atoms with E-state index in [0.29, 0.717) is 39.5 Å². The average molecular weight is 326 g/mol. The monoisotopic (exact) mass is 325 g/mol. The summed E-state index contributed by atoms with van der Waals surface area (Å²) >= 11 is 5.92. The van der Waals surface area contributed by atoms with Crippen LogP contribution in [0.15, 0.2) is 47.4 Å². The van der Waals surface area contributed by atoms with Crippen molar-refractivity contribution in [3.63, 3.8) is 0 Å². The molecule has 1 atom stereocenters. The lowest BCUT2D eigenvalue weighted by Crippen LogP contribution is -2.09. The molecule has 0 saturated heterocycles. The van der Waals surface area contributed by atoms with Gasteiger partial charge in [0.25, 0.3) is 0 Å². The predicted octanol–water partition coefficient (Wildman–Crippen LogP) is 3.12. The first-order valence-electron chi connectivity index (χ1n) is 6.31. The van der Waals surface area contributed by atoms with E-state index in [1.54, 1.807) is 25.3 Å². The highest BCUT2D eigenvalue weighted by molar-refractivity contribution is 7.85. The van der Waals surface area contributed by atoms with Crippen molar-refractivity contribution in [3.05, 3.63) is 47.5 Å². The third-order valence-electron chi connectivity index (χ3n) is 2.83. The molecule has 0 saturated carbocycles. The number of nitrogens with two attached hydrogens (primary N) is 1. The molecule has 2 aromatic carbocycles. The van der Waals surface area contributed by atoms with Gasteiger partial charge in [-0.1, -0.05) is 23.7 Å². The number of nitrogen functional groups attached to an aromatic ring is 1. The van der Waals surface area contributed by atoms with Gasteiger partial charge in [0.15, 0.2) is 11.5 Å². The second kappa shape index (κ2) is 7.33. The van der Waals surface area contributed by atoms with E-state index in [4.69, 9.17) is 26.8 Å². The number of anilines is 1. The van der Waals surface area contributed by atoms with Gasteiger partial charge in [-0.3, -0.25) is 4.21 Å². The second-order valence-corrected chi connectivity index (χ2v) is 6.21. The largest absolute Gasteiger partial charge is 0.493 e. The summed E-state index contributed by atoms with van der Waals surface area (Å²) in [5.41, 5.74) is 6.10. The van der Waals surface area contributed by atoms with E-state index in [1.165, 1.54) is 0 Å². The van der Waals surface area contributed by atoms with E-state index in [-0.39, 0.29) is 0 Å². The molecule has 2 aromatic rings. The Bertz CT molecular complexity index is 649. The van der Waals surface area contributed by atoms with Crippen LogP contribution in [-0.2, 0) is 10.8 Å². The van der Waals surface area contributed by atoms with E-state index in [1.807, 2.05) is 24.3 Å². The van der Waals surface area contributed by atoms with Gasteiger partial charge in [0.05, 0.1) is 34.4 Å². The Kier molecular flexibility index (Phi) is 5.47. The number of ether oxygens (including phenoxy) is 2. The minimum atomic E-state index is -1.19. The van der Waals surface area contributed by atoms with Crippen molar-refractivity contribution >= 4 is 28.1 Å². The predicted molar refractivity (Wildman–Crippen MR) is 85.6 cm³/mol. The molecular formula is C15H16ClNO3S. The second-order valence-electron chi connectivity index (χ2n) is 4.23. The Morgan fingerprint density at radius 2 is 1.90 bits per heavy atom. The summed E-state index contributed by atoms with van der Waals surface area (Å²) in [6.07, 6.45) is 0. The number of halogens is 1. The molecule has 0 heterocycles. The minimum absolute atomic E-state index is 0.314. The normalized spacial score (nSPS) is 11.9. The number of hydrogen-bond donors (Lipinski definition) is 1. The van der Waals surface area contributed by atoms with Gasteiger partial charge in [0, 0.05) is 4.90 Å². The zero-order valence-corrected chi connectivity index (χ0v) is 13.1. The fourth-order valence-electron chi connectivity index (χ4n) is 1.73. The molecule has 6 heteroatoms. The molecule has 1 unspecified atom stereocenters. The van der Waals surface area contributed by atoms with Gasteiger partial charge in [-0.2, -0.15) is 0 Å². The van der Waals surface area contributed by atoms with Crippen LogP contribution >= 0.6 is 11.6 Å². The Hall–Kier alpha value is -1.72. The molecule has 0 aliphatic rings. The number of para-hydroxylation sites is 2. The minimum Gasteiger partial charge on any atom is -0.493 e. The lowest BCUT2D eigenvalue weighted by molar-refractivity contribution is 0.313. The number of methoxy groups -OCH3 is 1. The van der Waals surface area contributed by atoms with Gasteiger partial charge in [0.1, 0.15) is 6.61 Å². The molecule has 112 valence electrons. The lowest BCUT2D eigenvalue weighted by atomic mass is 10.3. The molecule has 0 bridgehead atoms. The van der Waals surface area contributed by atoms with Crippen LogP contribution in [-0.4, -0.2) is 23.7 Å². The molecule has 0 aromatic heterocycles. The molecule has 0 amide bonds. The van der Waals surface area contributed by atoms with E-state index in [9.17, 15) is 4.21 Å². The molecule has 2 rings (SSSR count). The molecule has 0 radical (unpaired) electrons. The SMILES string of the molecule is COc1ccccc1OCCS(=O)c1ccc(N)c(Cl)c1. The third kappa shape index (κ3) is 4.12. The molecule has 0 fully saturated rings. The topological polar surface area (TPSA) is 61.5 Å². The van der Waals surface area contributed by atoms with Crippen molar-refractivity contribution in [1.29, 1.82) is 0 Å². The van der Waals surface area contributed by atoms with Crippen molar-refractivity contribution in [2.45, 2.75) is 4.90 Å². The first kappa shape index (κ1) is 15.7. The summed E-state index contributed by atoms with van der Waals surface area (Å²) in [5, 5.41) is 0.409. The first-order valence-corrected chi connectivity index (χ1v) is 8.00. The Balaban J connectivity index is 1.93. The Morgan fingerprint density at radius 1 is 1.19 bits per heavy atom. The highest BCUT2D eigenvalue weighted by Gasteiger charge is 2.08. The van der Waals surface area contributed by atoms with Crippen molar-refractivity contribution in [2.24, 2.45) is 0 Å². The number of hydrogen-bond acceptors (Lipinski definition) is 4. The maximum atomic E-state index is 12.2. The summed E-state index contributed by atoms with van der Waals surface area (Å²) < 4.78 is 22.9. The van der Waals surface area contributed by atoms with Gasteiger partial charge in [0.2, 0.25) is 0 Å². The van der Waals surface area contributed by atoms with E-state index in [2.05, 4.69) is 0 Å². The van der Waals surface area contributed by atoms with Crippen LogP contribution in [0.3, 0.4) is 0 Å². The van der Waals surface area contributed by atoms with Crippen molar-refractivity contribution in [1.82, 2.24) is 0 Å². The summed E-state index contributed by atoms with van der Waals surface area (Å²) in [7, 11) is 0.390. The van der Waals surface area contributed by atoms with Gasteiger partial charge >= 0.3 is 0 Å². The van der Waals surface area contributed by atoms with Crippen LogP contribution < -0.4 is 15.2 Å². The lowest BCUT2D eigenvalue weighted by Gasteiger charge is -2.10. The highest BCUT2D eigenvalue weighted by Crippen LogP contribution is 2.26. The standard InChI is InChI=1S/C15H16ClNO3S/c1-19-14-4-2-3-5-15(14)20-8-9-21(18)11-6-7-13(17)12(16)10-11/h2-7,10H,8-9,17H2,1H3. The summed E-state index contributed by atoms with van der Waals surface area (Å²) in [6.45, 7) is 0.314. The van der Waals surface area contributed by atoms with Crippen LogP contribution in [0.2, 0.25) is 5.02 Å². The van der Waals surface area contributed by atoms with Crippen LogP contribution in [0.25, 0.3) is 0 Å². The van der Waals surface area contributed by atoms with Crippen molar-refractivity contribution < 1.29 is 13.7 Å². The molecular weight excluding hydrogens is 310 g/mol. The fourth-order valence-corrected chi connectivity index (χ4v) is 2.92. The molecule has 21 heavy (non-hydrogen) atoms. The number of rotatable bonds is 6. The van der Waals surface area contributed by atoms with Gasteiger partial charge in [-0.05, 0) is 30.3 Å². The van der Waals surface area contributed by atoms with E-state index in [0.717, 1.165) is 0 Å². The molecule has 2 N–H and O–H groups in total. The zero-order chi connectivity index (χ0) is 15.2. The van der Waals surface area contributed by atoms with Crippen molar-refractivity contribution in [3.8, 4) is 11.5 Å². The van der Waals surface area contributed by atoms with Crippen LogP contribution in [0.4, 0.5) is 5.69 Å². The van der Waals surface area contributed by atoms with Gasteiger partial charge in [-0.25, -0.2) is 0 Å². The molecule has 0 spiro atoms. The maximum Gasteiger partial charge on any atom is 0.161 e. The van der Waals surface area contributed by atoms with Crippen LogP contribution in [0, 0.1) is 0 Å². The summed E-state index contributed by atoms with van der Waals surface area (Å²) in [5.74, 6) is 1.64. The Morgan fingerprint density at radius 3 is 2.57 bits per heavy atom. The summed E-state index contributed by atoms with van der Waals surface area (Å²) in [6, 6.07) is 12.3. The average Bonchev–Trinajstić information content (AvgIpc) is 2.50. The van der Waals surface area contributed by atoms with Gasteiger partial charge in [-0.15, -0.1) is 0 Å².